The first-order valence-corrected chi connectivity index (χ1v) is 5.58. The van der Waals surface area contributed by atoms with Crippen molar-refractivity contribution in [3.8, 4) is 0 Å². The lowest BCUT2D eigenvalue weighted by molar-refractivity contribution is -0.152. The Kier molecular flexibility index (Phi) is 3.59. The molecule has 1 aromatic rings. The number of methoxy groups -OCH3 is 1. The number of carbonyl (C=O) groups excluding carboxylic acids is 1. The molecule has 0 N–H and O–H groups in total. The summed E-state index contributed by atoms with van der Waals surface area (Å²) in [5.74, 6) is 0.915. The van der Waals surface area contributed by atoms with Gasteiger partial charge >= 0.3 is 5.97 Å². The van der Waals surface area contributed by atoms with Crippen LogP contribution in [-0.2, 0) is 14.9 Å². The Bertz CT molecular complexity index is 408. The van der Waals surface area contributed by atoms with Crippen molar-refractivity contribution >= 4 is 5.97 Å². The quantitative estimate of drug-likeness (QED) is 0.755. The van der Waals surface area contributed by atoms with Crippen LogP contribution in [0.2, 0.25) is 0 Å². The number of aryl methyl sites for hydroxylation is 1. The smallest absolute Gasteiger partial charge is 0.311 e. The normalized spacial score (nSPS) is 12.6. The van der Waals surface area contributed by atoms with E-state index in [1.54, 1.807) is 6.92 Å². The summed E-state index contributed by atoms with van der Waals surface area (Å²) in [5, 5.41) is 3.78. The van der Waals surface area contributed by atoms with Gasteiger partial charge in [-0.3, -0.25) is 4.79 Å². The van der Waals surface area contributed by atoms with E-state index in [4.69, 9.17) is 9.26 Å². The molecule has 0 aliphatic carbocycles. The van der Waals surface area contributed by atoms with E-state index in [1.165, 1.54) is 7.11 Å². The Morgan fingerprint density at radius 2 is 1.94 bits per heavy atom. The van der Waals surface area contributed by atoms with E-state index in [9.17, 15) is 4.79 Å². The first-order chi connectivity index (χ1) is 7.69. The summed E-state index contributed by atoms with van der Waals surface area (Å²) >= 11 is 0. The largest absolute Gasteiger partial charge is 0.469 e. The number of hydrogen-bond donors (Lipinski definition) is 0. The zero-order valence-corrected chi connectivity index (χ0v) is 11.3. The van der Waals surface area contributed by atoms with E-state index < -0.39 is 5.41 Å². The molecule has 0 aliphatic rings. The lowest BCUT2D eigenvalue weighted by Crippen LogP contribution is -2.33. The third-order valence-electron chi connectivity index (χ3n) is 2.73. The maximum Gasteiger partial charge on any atom is 0.311 e. The number of aromatic nitrogens is 2. The molecule has 5 nitrogen and oxygen atoms in total. The topological polar surface area (TPSA) is 65.2 Å². The highest BCUT2D eigenvalue weighted by atomic mass is 16.5. The molecular formula is C12H20N2O3. The molecule has 1 heterocycles. The fraction of sp³-hybridized carbons (Fsp3) is 0.750. The van der Waals surface area contributed by atoms with Gasteiger partial charge in [0.15, 0.2) is 5.82 Å². The number of hydrogen-bond acceptors (Lipinski definition) is 5. The number of nitrogens with zero attached hydrogens (tertiary/aromatic N) is 2. The molecule has 0 aromatic carbocycles. The standard InChI is InChI=1S/C12H20N2O3/c1-8-13-9(17-14-8)11(2,3)7-12(4,5)10(15)16-6/h7H2,1-6H3. The van der Waals surface area contributed by atoms with E-state index >= 15 is 0 Å². The molecule has 17 heavy (non-hydrogen) atoms. The highest BCUT2D eigenvalue weighted by Gasteiger charge is 2.39. The summed E-state index contributed by atoms with van der Waals surface area (Å²) in [5.41, 5.74) is -0.945. The Morgan fingerprint density at radius 3 is 2.35 bits per heavy atom. The van der Waals surface area contributed by atoms with Gasteiger partial charge in [0, 0.05) is 5.41 Å². The van der Waals surface area contributed by atoms with E-state index in [2.05, 4.69) is 10.1 Å². The third-order valence-corrected chi connectivity index (χ3v) is 2.73. The predicted molar refractivity (Wildman–Crippen MR) is 62.5 cm³/mol. The van der Waals surface area contributed by atoms with E-state index in [0.29, 0.717) is 18.1 Å². The van der Waals surface area contributed by atoms with Crippen molar-refractivity contribution in [1.82, 2.24) is 10.1 Å². The van der Waals surface area contributed by atoms with Gasteiger partial charge in [0.2, 0.25) is 5.89 Å². The molecule has 5 heteroatoms. The first kappa shape index (κ1) is 13.7. The Hall–Kier alpha value is -1.39. The fourth-order valence-corrected chi connectivity index (χ4v) is 2.10. The van der Waals surface area contributed by atoms with Crippen molar-refractivity contribution in [2.45, 2.75) is 46.5 Å². The fourth-order valence-electron chi connectivity index (χ4n) is 2.10. The second kappa shape index (κ2) is 4.47. The SMILES string of the molecule is COC(=O)C(C)(C)CC(C)(C)c1nc(C)no1. The van der Waals surface area contributed by atoms with Gasteiger partial charge in [-0.05, 0) is 27.2 Å². The molecule has 0 amide bonds. The maximum absolute atomic E-state index is 11.7. The lowest BCUT2D eigenvalue weighted by atomic mass is 9.75. The molecule has 1 aromatic heterocycles. The van der Waals surface area contributed by atoms with Crippen molar-refractivity contribution in [2.75, 3.05) is 7.11 Å². The summed E-state index contributed by atoms with van der Waals surface area (Å²) in [6, 6.07) is 0. The van der Waals surface area contributed by atoms with Gasteiger partial charge in [-0.15, -0.1) is 0 Å². The zero-order chi connectivity index (χ0) is 13.3. The highest BCUT2D eigenvalue weighted by Crippen LogP contribution is 2.36. The van der Waals surface area contributed by atoms with Crippen LogP contribution in [-0.4, -0.2) is 23.2 Å². The number of ether oxygens (including phenoxy) is 1. The zero-order valence-electron chi connectivity index (χ0n) is 11.3. The van der Waals surface area contributed by atoms with Crippen LogP contribution in [0.25, 0.3) is 0 Å². The number of carbonyl (C=O) groups is 1. The molecule has 0 saturated heterocycles. The summed E-state index contributed by atoms with van der Waals surface area (Å²) < 4.78 is 9.97. The Labute approximate surface area is 102 Å². The minimum absolute atomic E-state index is 0.234. The molecule has 0 aliphatic heterocycles. The van der Waals surface area contributed by atoms with E-state index in [-0.39, 0.29) is 11.4 Å². The first-order valence-electron chi connectivity index (χ1n) is 5.58. The second-order valence-electron chi connectivity index (χ2n) is 5.58. The van der Waals surface area contributed by atoms with Gasteiger partial charge in [0.25, 0.3) is 0 Å². The molecule has 0 bridgehead atoms. The van der Waals surface area contributed by atoms with Crippen molar-refractivity contribution in [1.29, 1.82) is 0 Å². The van der Waals surface area contributed by atoms with Crippen molar-refractivity contribution in [3.63, 3.8) is 0 Å². The molecule has 0 spiro atoms. The Balaban J connectivity index is 2.89. The van der Waals surface area contributed by atoms with Crippen molar-refractivity contribution in [3.05, 3.63) is 11.7 Å². The number of rotatable bonds is 4. The molecule has 96 valence electrons. The average Bonchev–Trinajstić information content (AvgIpc) is 2.62. The molecule has 0 radical (unpaired) electrons. The minimum atomic E-state index is -0.583. The van der Waals surface area contributed by atoms with Crippen LogP contribution in [0.15, 0.2) is 4.52 Å². The van der Waals surface area contributed by atoms with Crippen LogP contribution in [0.1, 0.15) is 45.8 Å². The average molecular weight is 240 g/mol. The van der Waals surface area contributed by atoms with Crippen LogP contribution in [0, 0.1) is 12.3 Å². The summed E-state index contributed by atoms with van der Waals surface area (Å²) in [6.45, 7) is 9.43. The second-order valence-corrected chi connectivity index (χ2v) is 5.58. The van der Waals surface area contributed by atoms with Gasteiger partial charge in [-0.2, -0.15) is 4.98 Å². The number of esters is 1. The van der Waals surface area contributed by atoms with E-state index in [0.717, 1.165) is 0 Å². The van der Waals surface area contributed by atoms with Crippen LogP contribution < -0.4 is 0 Å². The van der Waals surface area contributed by atoms with Crippen LogP contribution >= 0.6 is 0 Å². The summed E-state index contributed by atoms with van der Waals surface area (Å²) in [7, 11) is 1.40. The summed E-state index contributed by atoms with van der Waals surface area (Å²) in [4.78, 5) is 15.9. The molecule has 0 saturated carbocycles. The highest BCUT2D eigenvalue weighted by molar-refractivity contribution is 5.75. The van der Waals surface area contributed by atoms with Crippen LogP contribution in [0.4, 0.5) is 0 Å². The van der Waals surface area contributed by atoms with E-state index in [1.807, 2.05) is 27.7 Å². The van der Waals surface area contributed by atoms with Gasteiger partial charge in [0.05, 0.1) is 12.5 Å². The van der Waals surface area contributed by atoms with Gasteiger partial charge in [0.1, 0.15) is 0 Å². The summed E-state index contributed by atoms with van der Waals surface area (Å²) in [6.07, 6.45) is 0.578. The maximum atomic E-state index is 11.7. The monoisotopic (exact) mass is 240 g/mol. The van der Waals surface area contributed by atoms with Gasteiger partial charge in [-0.25, -0.2) is 0 Å². The molecule has 0 fully saturated rings. The molecule has 1 rings (SSSR count). The van der Waals surface area contributed by atoms with Gasteiger partial charge < -0.3 is 9.26 Å². The third kappa shape index (κ3) is 3.05. The van der Waals surface area contributed by atoms with Crippen molar-refractivity contribution < 1.29 is 14.1 Å². The van der Waals surface area contributed by atoms with Crippen LogP contribution in [0.5, 0.6) is 0 Å². The van der Waals surface area contributed by atoms with Gasteiger partial charge in [-0.1, -0.05) is 19.0 Å². The molecule has 0 atom stereocenters. The Morgan fingerprint density at radius 1 is 1.35 bits per heavy atom. The van der Waals surface area contributed by atoms with Crippen LogP contribution in [0.3, 0.4) is 0 Å². The lowest BCUT2D eigenvalue weighted by Gasteiger charge is -2.30. The molecular weight excluding hydrogens is 220 g/mol. The minimum Gasteiger partial charge on any atom is -0.469 e. The van der Waals surface area contributed by atoms with Crippen molar-refractivity contribution in [2.24, 2.45) is 5.41 Å². The predicted octanol–water partition coefficient (Wildman–Crippen LogP) is 2.24. The molecule has 0 unspecified atom stereocenters.